The second kappa shape index (κ2) is 8.14. The van der Waals surface area contributed by atoms with Gasteiger partial charge in [-0.3, -0.25) is 19.4 Å². The molecule has 3 aliphatic rings. The van der Waals surface area contributed by atoms with Gasteiger partial charge in [0.2, 0.25) is 19.1 Å². The number of rotatable bonds is 5. The Morgan fingerprint density at radius 1 is 0.926 bits per heavy atom. The number of hydrogen-bond donors (Lipinski definition) is 0. The Bertz CT molecular complexity index is 682. The zero-order chi connectivity index (χ0) is 18.6. The van der Waals surface area contributed by atoms with E-state index in [4.69, 9.17) is 9.47 Å². The van der Waals surface area contributed by atoms with Gasteiger partial charge in [-0.15, -0.1) is 0 Å². The van der Waals surface area contributed by atoms with Crippen LogP contribution in [0.25, 0.3) is 0 Å². The lowest BCUT2D eigenvalue weighted by Gasteiger charge is -2.37. The predicted octanol–water partition coefficient (Wildman–Crippen LogP) is -0.166. The molecule has 8 nitrogen and oxygen atoms in total. The predicted molar refractivity (Wildman–Crippen MR) is 98.5 cm³/mol. The molecule has 3 aliphatic heterocycles. The third kappa shape index (κ3) is 4.33. The maximum atomic E-state index is 12.6. The number of amides is 2. The minimum absolute atomic E-state index is 0.192. The van der Waals surface area contributed by atoms with E-state index in [9.17, 15) is 9.59 Å². The van der Waals surface area contributed by atoms with Crippen molar-refractivity contribution in [1.82, 2.24) is 19.6 Å². The summed E-state index contributed by atoms with van der Waals surface area (Å²) < 4.78 is 10.8. The van der Waals surface area contributed by atoms with Gasteiger partial charge in [0.1, 0.15) is 0 Å². The molecule has 0 unspecified atom stereocenters. The van der Waals surface area contributed by atoms with Crippen LogP contribution in [0.4, 0.5) is 0 Å². The van der Waals surface area contributed by atoms with E-state index >= 15 is 0 Å². The van der Waals surface area contributed by atoms with Gasteiger partial charge in [0, 0.05) is 58.9 Å². The van der Waals surface area contributed by atoms with Gasteiger partial charge in [0.25, 0.3) is 0 Å². The number of carbonyl (C=O) groups is 2. The van der Waals surface area contributed by atoms with Crippen molar-refractivity contribution in [2.24, 2.45) is 0 Å². The maximum absolute atomic E-state index is 12.6. The molecule has 0 spiro atoms. The Balaban J connectivity index is 1.22. The quantitative estimate of drug-likeness (QED) is 0.667. The number of fused-ring (bicyclic) bond motifs is 1. The normalized spacial score (nSPS) is 20.7. The summed E-state index contributed by atoms with van der Waals surface area (Å²) in [5, 5.41) is 0. The zero-order valence-corrected chi connectivity index (χ0v) is 15.5. The van der Waals surface area contributed by atoms with Crippen molar-refractivity contribution >= 4 is 12.3 Å². The second-order valence-electron chi connectivity index (χ2n) is 7.26. The van der Waals surface area contributed by atoms with Crippen molar-refractivity contribution in [2.45, 2.75) is 6.54 Å². The SMILES string of the molecule is O=CN1CCN(CC(=O)N2CCN(Cc3ccc4c(c3)OCO4)CC2)CC1. The summed E-state index contributed by atoms with van der Waals surface area (Å²) in [6, 6.07) is 6.07. The lowest BCUT2D eigenvalue weighted by atomic mass is 10.1. The Hall–Kier alpha value is -2.32. The molecule has 8 heteroatoms. The van der Waals surface area contributed by atoms with E-state index in [0.717, 1.165) is 63.7 Å². The lowest BCUT2D eigenvalue weighted by molar-refractivity contribution is -0.134. The second-order valence-corrected chi connectivity index (χ2v) is 7.26. The molecular weight excluding hydrogens is 348 g/mol. The van der Waals surface area contributed by atoms with Crippen molar-refractivity contribution in [3.05, 3.63) is 23.8 Å². The monoisotopic (exact) mass is 374 g/mol. The fourth-order valence-electron chi connectivity index (χ4n) is 3.77. The highest BCUT2D eigenvalue weighted by molar-refractivity contribution is 5.78. The van der Waals surface area contributed by atoms with Crippen molar-refractivity contribution in [1.29, 1.82) is 0 Å². The molecule has 0 atom stereocenters. The summed E-state index contributed by atoms with van der Waals surface area (Å²) in [4.78, 5) is 31.6. The van der Waals surface area contributed by atoms with Gasteiger partial charge >= 0.3 is 0 Å². The standard InChI is InChI=1S/C19H26N4O4/c24-14-22-5-3-21(4-6-22)13-19(25)23-9-7-20(8-10-23)12-16-1-2-17-18(11-16)27-15-26-17/h1-2,11,14H,3-10,12-13,15H2. The lowest BCUT2D eigenvalue weighted by Crippen LogP contribution is -2.53. The fourth-order valence-corrected chi connectivity index (χ4v) is 3.77. The summed E-state index contributed by atoms with van der Waals surface area (Å²) in [7, 11) is 0. The molecule has 0 aliphatic carbocycles. The smallest absolute Gasteiger partial charge is 0.236 e. The van der Waals surface area contributed by atoms with Crippen LogP contribution in [0.15, 0.2) is 18.2 Å². The number of nitrogens with zero attached hydrogens (tertiary/aromatic N) is 4. The molecule has 3 heterocycles. The first-order chi connectivity index (χ1) is 13.2. The Morgan fingerprint density at radius 2 is 1.63 bits per heavy atom. The number of piperazine rings is 2. The van der Waals surface area contributed by atoms with Gasteiger partial charge in [-0.2, -0.15) is 0 Å². The van der Waals surface area contributed by atoms with Crippen molar-refractivity contribution in [3.8, 4) is 11.5 Å². The van der Waals surface area contributed by atoms with E-state index in [-0.39, 0.29) is 5.91 Å². The highest BCUT2D eigenvalue weighted by atomic mass is 16.7. The van der Waals surface area contributed by atoms with Gasteiger partial charge in [-0.25, -0.2) is 0 Å². The molecule has 0 N–H and O–H groups in total. The molecule has 1 aromatic carbocycles. The van der Waals surface area contributed by atoms with Crippen LogP contribution < -0.4 is 9.47 Å². The molecule has 1 aromatic rings. The minimum Gasteiger partial charge on any atom is -0.454 e. The van der Waals surface area contributed by atoms with Crippen LogP contribution in [0.2, 0.25) is 0 Å². The van der Waals surface area contributed by atoms with Crippen LogP contribution in [0.3, 0.4) is 0 Å². The maximum Gasteiger partial charge on any atom is 0.236 e. The molecular formula is C19H26N4O4. The van der Waals surface area contributed by atoms with Crippen molar-refractivity contribution < 1.29 is 19.1 Å². The summed E-state index contributed by atoms with van der Waals surface area (Å²) in [5.41, 5.74) is 1.20. The van der Waals surface area contributed by atoms with E-state index in [1.807, 2.05) is 17.0 Å². The average molecular weight is 374 g/mol. The Kier molecular flexibility index (Phi) is 5.45. The number of benzene rings is 1. The van der Waals surface area contributed by atoms with Gasteiger partial charge in [-0.05, 0) is 17.7 Å². The molecule has 0 bridgehead atoms. The van der Waals surface area contributed by atoms with Crippen LogP contribution in [0.5, 0.6) is 11.5 Å². The van der Waals surface area contributed by atoms with Crippen LogP contribution in [-0.2, 0) is 16.1 Å². The molecule has 4 rings (SSSR count). The largest absolute Gasteiger partial charge is 0.454 e. The molecule has 0 aromatic heterocycles. The van der Waals surface area contributed by atoms with Gasteiger partial charge in [0.05, 0.1) is 6.54 Å². The summed E-state index contributed by atoms with van der Waals surface area (Å²) in [6.45, 7) is 7.84. The van der Waals surface area contributed by atoms with E-state index in [1.165, 1.54) is 5.56 Å². The summed E-state index contributed by atoms with van der Waals surface area (Å²) >= 11 is 0. The fraction of sp³-hybridized carbons (Fsp3) is 0.579. The van der Waals surface area contributed by atoms with Gasteiger partial charge in [-0.1, -0.05) is 6.07 Å². The molecule has 0 saturated carbocycles. The van der Waals surface area contributed by atoms with E-state index in [1.54, 1.807) is 4.90 Å². The van der Waals surface area contributed by atoms with E-state index in [0.29, 0.717) is 26.4 Å². The number of ether oxygens (including phenoxy) is 2. The van der Waals surface area contributed by atoms with Crippen LogP contribution in [-0.4, -0.2) is 97.6 Å². The van der Waals surface area contributed by atoms with Crippen molar-refractivity contribution in [3.63, 3.8) is 0 Å². The van der Waals surface area contributed by atoms with Crippen LogP contribution >= 0.6 is 0 Å². The number of carbonyl (C=O) groups excluding carboxylic acids is 2. The highest BCUT2D eigenvalue weighted by Crippen LogP contribution is 2.32. The first-order valence-electron chi connectivity index (χ1n) is 9.51. The first kappa shape index (κ1) is 18.1. The molecule has 2 saturated heterocycles. The van der Waals surface area contributed by atoms with Crippen LogP contribution in [0, 0.1) is 0 Å². The van der Waals surface area contributed by atoms with Gasteiger partial charge in [0.15, 0.2) is 11.5 Å². The Morgan fingerprint density at radius 3 is 2.37 bits per heavy atom. The third-order valence-corrected chi connectivity index (χ3v) is 5.48. The molecule has 2 amide bonds. The zero-order valence-electron chi connectivity index (χ0n) is 15.5. The Labute approximate surface area is 159 Å². The van der Waals surface area contributed by atoms with E-state index < -0.39 is 0 Å². The first-order valence-corrected chi connectivity index (χ1v) is 9.51. The van der Waals surface area contributed by atoms with Crippen LogP contribution in [0.1, 0.15) is 5.56 Å². The molecule has 0 radical (unpaired) electrons. The molecule has 2 fully saturated rings. The topological polar surface area (TPSA) is 65.6 Å². The molecule has 146 valence electrons. The third-order valence-electron chi connectivity index (χ3n) is 5.48. The van der Waals surface area contributed by atoms with Crippen molar-refractivity contribution in [2.75, 3.05) is 65.7 Å². The summed E-state index contributed by atoms with van der Waals surface area (Å²) in [6.07, 6.45) is 0.887. The number of hydrogen-bond acceptors (Lipinski definition) is 6. The van der Waals surface area contributed by atoms with E-state index in [2.05, 4.69) is 15.9 Å². The minimum atomic E-state index is 0.192. The highest BCUT2D eigenvalue weighted by Gasteiger charge is 2.24. The van der Waals surface area contributed by atoms with Gasteiger partial charge < -0.3 is 19.3 Å². The average Bonchev–Trinajstić information content (AvgIpc) is 3.17. The molecule has 27 heavy (non-hydrogen) atoms. The summed E-state index contributed by atoms with van der Waals surface area (Å²) in [5.74, 6) is 1.82.